The zero-order valence-corrected chi connectivity index (χ0v) is 9.17. The van der Waals surface area contributed by atoms with E-state index in [4.69, 9.17) is 5.73 Å². The number of aromatic hydroxyl groups is 2. The summed E-state index contributed by atoms with van der Waals surface area (Å²) in [6.07, 6.45) is 3.69. The molecule has 0 radical (unpaired) electrons. The van der Waals surface area contributed by atoms with E-state index in [0.717, 1.165) is 5.56 Å². The van der Waals surface area contributed by atoms with Gasteiger partial charge in [-0.05, 0) is 23.3 Å². The van der Waals surface area contributed by atoms with E-state index >= 15 is 0 Å². The maximum Gasteiger partial charge on any atom is 0.142 e. The van der Waals surface area contributed by atoms with Gasteiger partial charge in [0.05, 0.1) is 0 Å². The molecular weight excluding hydrogens is 214 g/mol. The van der Waals surface area contributed by atoms with Gasteiger partial charge in [-0.3, -0.25) is 0 Å². The molecule has 2 aromatic rings. The van der Waals surface area contributed by atoms with Crippen LogP contribution in [0.25, 0.3) is 12.2 Å². The number of nitrogens with two attached hydrogens (primary N) is 1. The van der Waals surface area contributed by atoms with Crippen molar-refractivity contribution in [2.75, 3.05) is 5.73 Å². The minimum Gasteiger partial charge on any atom is -0.506 e. The molecule has 0 aromatic heterocycles. The minimum absolute atomic E-state index is 0.00172. The van der Waals surface area contributed by atoms with E-state index in [2.05, 4.69) is 0 Å². The molecule has 4 N–H and O–H groups in total. The summed E-state index contributed by atoms with van der Waals surface area (Å²) in [5.74, 6) is -0.226. The molecule has 86 valence electrons. The molecular formula is C14H13NO2. The first-order valence-electron chi connectivity index (χ1n) is 5.21. The van der Waals surface area contributed by atoms with E-state index in [1.54, 1.807) is 6.08 Å². The van der Waals surface area contributed by atoms with Crippen LogP contribution in [0.5, 0.6) is 11.5 Å². The van der Waals surface area contributed by atoms with Crippen LogP contribution >= 0.6 is 0 Å². The van der Waals surface area contributed by atoms with Crippen LogP contribution in [0.1, 0.15) is 11.1 Å². The van der Waals surface area contributed by atoms with Gasteiger partial charge in [-0.25, -0.2) is 0 Å². The Labute approximate surface area is 99.5 Å². The number of anilines is 1. The van der Waals surface area contributed by atoms with E-state index in [0.29, 0.717) is 5.56 Å². The van der Waals surface area contributed by atoms with Crippen LogP contribution in [0.3, 0.4) is 0 Å². The number of benzene rings is 2. The summed E-state index contributed by atoms with van der Waals surface area (Å²) in [7, 11) is 0. The van der Waals surface area contributed by atoms with Crippen molar-refractivity contribution in [3.63, 3.8) is 0 Å². The molecule has 2 aromatic carbocycles. The average Bonchev–Trinajstić information content (AvgIpc) is 2.34. The smallest absolute Gasteiger partial charge is 0.142 e. The molecule has 17 heavy (non-hydrogen) atoms. The van der Waals surface area contributed by atoms with E-state index in [9.17, 15) is 10.2 Å². The molecule has 0 heterocycles. The Hall–Kier alpha value is -2.42. The zero-order chi connectivity index (χ0) is 12.3. The fraction of sp³-hybridized carbons (Fsp3) is 0. The van der Waals surface area contributed by atoms with Crippen molar-refractivity contribution in [3.8, 4) is 11.5 Å². The number of hydrogen-bond acceptors (Lipinski definition) is 3. The monoisotopic (exact) mass is 227 g/mol. The van der Waals surface area contributed by atoms with Crippen LogP contribution in [0.4, 0.5) is 5.69 Å². The van der Waals surface area contributed by atoms with Gasteiger partial charge < -0.3 is 15.9 Å². The lowest BCUT2D eigenvalue weighted by Crippen LogP contribution is -1.87. The second-order valence-electron chi connectivity index (χ2n) is 3.72. The van der Waals surface area contributed by atoms with Gasteiger partial charge in [-0.15, -0.1) is 0 Å². The quantitative estimate of drug-likeness (QED) is 0.420. The molecule has 0 amide bonds. The molecule has 0 bridgehead atoms. The van der Waals surface area contributed by atoms with Crippen molar-refractivity contribution in [1.82, 2.24) is 0 Å². The molecule has 2 rings (SSSR count). The van der Waals surface area contributed by atoms with Crippen molar-refractivity contribution in [1.29, 1.82) is 0 Å². The number of nitrogen functional groups attached to an aromatic ring is 1. The molecule has 0 saturated heterocycles. The summed E-state index contributed by atoms with van der Waals surface area (Å²) in [5.41, 5.74) is 7.17. The van der Waals surface area contributed by atoms with Gasteiger partial charge in [-0.2, -0.15) is 0 Å². The fourth-order valence-electron chi connectivity index (χ4n) is 1.50. The van der Waals surface area contributed by atoms with Gasteiger partial charge >= 0.3 is 0 Å². The van der Waals surface area contributed by atoms with E-state index in [1.807, 2.05) is 36.4 Å². The molecule has 0 aliphatic rings. The normalized spacial score (nSPS) is 10.8. The Balaban J connectivity index is 2.28. The topological polar surface area (TPSA) is 66.5 Å². The second kappa shape index (κ2) is 4.61. The van der Waals surface area contributed by atoms with Gasteiger partial charge in [-0.1, -0.05) is 42.5 Å². The van der Waals surface area contributed by atoms with Crippen LogP contribution in [0.15, 0.2) is 42.5 Å². The Morgan fingerprint density at radius 1 is 0.824 bits per heavy atom. The molecule has 3 heteroatoms. The van der Waals surface area contributed by atoms with Crippen molar-refractivity contribution in [2.45, 2.75) is 0 Å². The molecule has 3 nitrogen and oxygen atoms in total. The van der Waals surface area contributed by atoms with Crippen LogP contribution in [0.2, 0.25) is 0 Å². The third kappa shape index (κ3) is 2.58. The summed E-state index contributed by atoms with van der Waals surface area (Å²) >= 11 is 0. The fourth-order valence-corrected chi connectivity index (χ4v) is 1.50. The Morgan fingerprint density at radius 2 is 1.35 bits per heavy atom. The van der Waals surface area contributed by atoms with E-state index in [-0.39, 0.29) is 17.2 Å². The second-order valence-corrected chi connectivity index (χ2v) is 3.72. The third-order valence-electron chi connectivity index (χ3n) is 2.43. The van der Waals surface area contributed by atoms with Crippen molar-refractivity contribution >= 4 is 17.8 Å². The first-order valence-corrected chi connectivity index (χ1v) is 5.21. The minimum atomic E-state index is -0.113. The number of rotatable bonds is 2. The first kappa shape index (κ1) is 11.1. The predicted molar refractivity (Wildman–Crippen MR) is 69.6 cm³/mol. The predicted octanol–water partition coefficient (Wildman–Crippen LogP) is 2.85. The van der Waals surface area contributed by atoms with E-state index in [1.165, 1.54) is 12.1 Å². The molecule has 0 fully saturated rings. The van der Waals surface area contributed by atoms with Crippen LogP contribution in [-0.2, 0) is 0 Å². The highest BCUT2D eigenvalue weighted by atomic mass is 16.3. The zero-order valence-electron chi connectivity index (χ0n) is 9.17. The van der Waals surface area contributed by atoms with Gasteiger partial charge in [0.2, 0.25) is 0 Å². The Kier molecular flexibility index (Phi) is 3.01. The Bertz CT molecular complexity index is 524. The molecule has 0 saturated carbocycles. The van der Waals surface area contributed by atoms with Gasteiger partial charge in [0.1, 0.15) is 17.2 Å². The first-order chi connectivity index (χ1) is 8.16. The van der Waals surface area contributed by atoms with Gasteiger partial charge in [0.15, 0.2) is 0 Å². The van der Waals surface area contributed by atoms with Gasteiger partial charge in [0, 0.05) is 0 Å². The summed E-state index contributed by atoms with van der Waals surface area (Å²) in [6, 6.07) is 12.8. The number of phenolic OH excluding ortho intramolecular Hbond substituents is 2. The lowest BCUT2D eigenvalue weighted by molar-refractivity contribution is 0.455. The molecule has 0 aliphatic carbocycles. The summed E-state index contributed by atoms with van der Waals surface area (Å²) in [4.78, 5) is 0. The molecule has 0 unspecified atom stereocenters. The van der Waals surface area contributed by atoms with Crippen molar-refractivity contribution < 1.29 is 10.2 Å². The lowest BCUT2D eigenvalue weighted by Gasteiger charge is -2.03. The van der Waals surface area contributed by atoms with Gasteiger partial charge in [0.25, 0.3) is 0 Å². The number of phenols is 2. The van der Waals surface area contributed by atoms with Crippen molar-refractivity contribution in [3.05, 3.63) is 53.6 Å². The van der Waals surface area contributed by atoms with Crippen LogP contribution in [0, 0.1) is 0 Å². The lowest BCUT2D eigenvalue weighted by atomic mass is 10.1. The summed E-state index contributed by atoms with van der Waals surface area (Å²) in [5, 5.41) is 18.9. The maximum atomic E-state index is 9.46. The summed E-state index contributed by atoms with van der Waals surface area (Å²) < 4.78 is 0. The SMILES string of the molecule is Nc1c(O)cc(C=Cc2ccccc2)cc1O. The highest BCUT2D eigenvalue weighted by molar-refractivity contribution is 5.74. The largest absolute Gasteiger partial charge is 0.506 e. The molecule has 0 atom stereocenters. The maximum absolute atomic E-state index is 9.46. The number of hydrogen-bond donors (Lipinski definition) is 3. The molecule has 0 spiro atoms. The standard InChI is InChI=1S/C14H13NO2/c15-14-12(16)8-11(9-13(14)17)7-6-10-4-2-1-3-5-10/h1-9,16-17H,15H2. The molecule has 0 aliphatic heterocycles. The highest BCUT2D eigenvalue weighted by Crippen LogP contribution is 2.31. The highest BCUT2D eigenvalue weighted by Gasteiger charge is 2.03. The van der Waals surface area contributed by atoms with Crippen LogP contribution in [-0.4, -0.2) is 10.2 Å². The van der Waals surface area contributed by atoms with Crippen molar-refractivity contribution in [2.24, 2.45) is 0 Å². The third-order valence-corrected chi connectivity index (χ3v) is 2.43. The average molecular weight is 227 g/mol. The van der Waals surface area contributed by atoms with E-state index < -0.39 is 0 Å². The summed E-state index contributed by atoms with van der Waals surface area (Å²) in [6.45, 7) is 0. The van der Waals surface area contributed by atoms with Crippen LogP contribution < -0.4 is 5.73 Å². The Morgan fingerprint density at radius 3 is 1.94 bits per heavy atom.